The highest BCUT2D eigenvalue weighted by molar-refractivity contribution is 5.81. The van der Waals surface area contributed by atoms with Crippen LogP contribution in [0.3, 0.4) is 0 Å². The third kappa shape index (κ3) is 5.80. The highest BCUT2D eigenvalue weighted by atomic mass is 16.2. The molecule has 1 aliphatic rings. The Hall–Kier alpha value is -0.610. The normalized spacial score (nSPS) is 21.9. The van der Waals surface area contributed by atoms with Crippen molar-refractivity contribution in [2.45, 2.75) is 65.5 Å². The number of likely N-dealkylation sites (tertiary alicyclic amines) is 1. The van der Waals surface area contributed by atoms with Crippen LogP contribution in [0.5, 0.6) is 0 Å². The monoisotopic (exact) mass is 283 g/mol. The summed E-state index contributed by atoms with van der Waals surface area (Å²) >= 11 is 0. The van der Waals surface area contributed by atoms with Gasteiger partial charge in [0.25, 0.3) is 0 Å². The van der Waals surface area contributed by atoms with Crippen molar-refractivity contribution in [3.05, 3.63) is 0 Å². The molecule has 0 aliphatic carbocycles. The quantitative estimate of drug-likeness (QED) is 0.670. The number of piperidine rings is 1. The Morgan fingerprint density at radius 1 is 1.30 bits per heavy atom. The summed E-state index contributed by atoms with van der Waals surface area (Å²) in [5, 5.41) is 6.57. The standard InChI is InChI=1S/C16H33N3O/c1-5-9-17-12-15-8-6-7-10-19(15)14(4)16(20)18-11-13(2)3/h13-15,17H,5-12H2,1-4H3,(H,18,20). The van der Waals surface area contributed by atoms with Gasteiger partial charge in [-0.3, -0.25) is 9.69 Å². The lowest BCUT2D eigenvalue weighted by atomic mass is 9.99. The zero-order valence-electron chi connectivity index (χ0n) is 13.7. The van der Waals surface area contributed by atoms with Crippen LogP contribution in [0, 0.1) is 5.92 Å². The van der Waals surface area contributed by atoms with Gasteiger partial charge in [-0.05, 0) is 45.2 Å². The molecule has 0 saturated carbocycles. The SMILES string of the molecule is CCCNCC1CCCCN1C(C)C(=O)NCC(C)C. The molecule has 0 aromatic carbocycles. The van der Waals surface area contributed by atoms with Crippen molar-refractivity contribution in [3.63, 3.8) is 0 Å². The van der Waals surface area contributed by atoms with Crippen LogP contribution in [0.25, 0.3) is 0 Å². The minimum absolute atomic E-state index is 0.0116. The Morgan fingerprint density at radius 2 is 2.05 bits per heavy atom. The summed E-state index contributed by atoms with van der Waals surface area (Å²) < 4.78 is 0. The average molecular weight is 283 g/mol. The molecule has 1 fully saturated rings. The first-order chi connectivity index (χ1) is 9.56. The number of nitrogens with zero attached hydrogens (tertiary/aromatic N) is 1. The fourth-order valence-electron chi connectivity index (χ4n) is 2.80. The molecule has 0 aromatic heterocycles. The topological polar surface area (TPSA) is 44.4 Å². The van der Waals surface area contributed by atoms with Crippen LogP contribution in [0.15, 0.2) is 0 Å². The number of hydrogen-bond acceptors (Lipinski definition) is 3. The van der Waals surface area contributed by atoms with Gasteiger partial charge in [0.15, 0.2) is 0 Å². The van der Waals surface area contributed by atoms with E-state index < -0.39 is 0 Å². The molecule has 1 amide bonds. The zero-order valence-corrected chi connectivity index (χ0v) is 13.7. The maximum atomic E-state index is 12.2. The molecule has 1 aliphatic heterocycles. The zero-order chi connectivity index (χ0) is 15.0. The Balaban J connectivity index is 2.48. The molecular formula is C16H33N3O. The second-order valence-corrected chi connectivity index (χ2v) is 6.41. The molecular weight excluding hydrogens is 250 g/mol. The van der Waals surface area contributed by atoms with Gasteiger partial charge >= 0.3 is 0 Å². The van der Waals surface area contributed by atoms with Crippen molar-refractivity contribution in [1.82, 2.24) is 15.5 Å². The third-order valence-corrected chi connectivity index (χ3v) is 4.04. The van der Waals surface area contributed by atoms with Crippen LogP contribution in [-0.2, 0) is 4.79 Å². The molecule has 2 atom stereocenters. The lowest BCUT2D eigenvalue weighted by Gasteiger charge is -2.39. The van der Waals surface area contributed by atoms with Crippen LogP contribution in [0.4, 0.5) is 0 Å². The van der Waals surface area contributed by atoms with Crippen LogP contribution < -0.4 is 10.6 Å². The van der Waals surface area contributed by atoms with Gasteiger partial charge in [0.1, 0.15) is 0 Å². The van der Waals surface area contributed by atoms with Gasteiger partial charge in [-0.25, -0.2) is 0 Å². The summed E-state index contributed by atoms with van der Waals surface area (Å²) in [6, 6.07) is 0.498. The Morgan fingerprint density at radius 3 is 2.70 bits per heavy atom. The van der Waals surface area contributed by atoms with Gasteiger partial charge in [0.2, 0.25) is 5.91 Å². The largest absolute Gasteiger partial charge is 0.354 e. The average Bonchev–Trinajstić information content (AvgIpc) is 2.44. The van der Waals surface area contributed by atoms with Crippen LogP contribution >= 0.6 is 0 Å². The van der Waals surface area contributed by atoms with E-state index in [2.05, 4.69) is 36.3 Å². The number of nitrogens with one attached hydrogen (secondary N) is 2. The van der Waals surface area contributed by atoms with Crippen molar-refractivity contribution >= 4 is 5.91 Å². The smallest absolute Gasteiger partial charge is 0.237 e. The number of rotatable bonds is 8. The van der Waals surface area contributed by atoms with Gasteiger partial charge in [-0.2, -0.15) is 0 Å². The first kappa shape index (κ1) is 17.4. The van der Waals surface area contributed by atoms with E-state index in [0.717, 1.165) is 32.6 Å². The van der Waals surface area contributed by atoms with Crippen LogP contribution in [0.2, 0.25) is 0 Å². The molecule has 118 valence electrons. The van der Waals surface area contributed by atoms with E-state index in [-0.39, 0.29) is 11.9 Å². The fourth-order valence-corrected chi connectivity index (χ4v) is 2.80. The summed E-state index contributed by atoms with van der Waals surface area (Å²) in [4.78, 5) is 14.6. The lowest BCUT2D eigenvalue weighted by molar-refractivity contribution is -0.127. The Labute approximate surface area is 124 Å². The number of carbonyl (C=O) groups is 1. The fraction of sp³-hybridized carbons (Fsp3) is 0.938. The maximum absolute atomic E-state index is 12.2. The molecule has 2 N–H and O–H groups in total. The predicted molar refractivity (Wildman–Crippen MR) is 84.8 cm³/mol. The summed E-state index contributed by atoms with van der Waals surface area (Å²) in [5.74, 6) is 0.690. The van der Waals surface area contributed by atoms with E-state index in [4.69, 9.17) is 0 Å². The van der Waals surface area contributed by atoms with E-state index in [1.54, 1.807) is 0 Å². The van der Waals surface area contributed by atoms with Crippen molar-refractivity contribution in [3.8, 4) is 0 Å². The molecule has 4 heteroatoms. The lowest BCUT2D eigenvalue weighted by Crippen LogP contribution is -2.54. The second-order valence-electron chi connectivity index (χ2n) is 6.41. The van der Waals surface area contributed by atoms with Gasteiger partial charge < -0.3 is 10.6 Å². The molecule has 1 saturated heterocycles. The summed E-state index contributed by atoms with van der Waals surface area (Å²) in [7, 11) is 0. The van der Waals surface area contributed by atoms with Crippen LogP contribution in [0.1, 0.15) is 53.4 Å². The van der Waals surface area contributed by atoms with E-state index in [0.29, 0.717) is 12.0 Å². The number of carbonyl (C=O) groups excluding carboxylic acids is 1. The highest BCUT2D eigenvalue weighted by Crippen LogP contribution is 2.19. The van der Waals surface area contributed by atoms with Crippen molar-refractivity contribution < 1.29 is 4.79 Å². The molecule has 1 heterocycles. The van der Waals surface area contributed by atoms with Crippen LogP contribution in [-0.4, -0.2) is 49.1 Å². The second kappa shape index (κ2) is 9.35. The first-order valence-electron chi connectivity index (χ1n) is 8.30. The van der Waals surface area contributed by atoms with Gasteiger partial charge in [-0.15, -0.1) is 0 Å². The van der Waals surface area contributed by atoms with Crippen molar-refractivity contribution in [2.75, 3.05) is 26.2 Å². The minimum Gasteiger partial charge on any atom is -0.354 e. The molecule has 1 rings (SSSR count). The summed E-state index contributed by atoms with van der Waals surface area (Å²) in [6.07, 6.45) is 4.87. The maximum Gasteiger partial charge on any atom is 0.237 e. The van der Waals surface area contributed by atoms with E-state index >= 15 is 0 Å². The van der Waals surface area contributed by atoms with Gasteiger partial charge in [0, 0.05) is 19.1 Å². The molecule has 20 heavy (non-hydrogen) atoms. The van der Waals surface area contributed by atoms with E-state index in [1.807, 2.05) is 6.92 Å². The molecule has 0 aromatic rings. The molecule has 0 radical (unpaired) electrons. The third-order valence-electron chi connectivity index (χ3n) is 4.04. The van der Waals surface area contributed by atoms with Crippen molar-refractivity contribution in [2.24, 2.45) is 5.92 Å². The van der Waals surface area contributed by atoms with Gasteiger partial charge in [-0.1, -0.05) is 27.2 Å². The first-order valence-corrected chi connectivity index (χ1v) is 8.30. The van der Waals surface area contributed by atoms with E-state index in [1.165, 1.54) is 19.3 Å². The van der Waals surface area contributed by atoms with E-state index in [9.17, 15) is 4.79 Å². The van der Waals surface area contributed by atoms with Crippen molar-refractivity contribution in [1.29, 1.82) is 0 Å². The highest BCUT2D eigenvalue weighted by Gasteiger charge is 2.29. The molecule has 2 unspecified atom stereocenters. The predicted octanol–water partition coefficient (Wildman–Crippen LogP) is 2.00. The minimum atomic E-state index is -0.0116. The Bertz CT molecular complexity index is 281. The van der Waals surface area contributed by atoms with Gasteiger partial charge in [0.05, 0.1) is 6.04 Å². The molecule has 4 nitrogen and oxygen atoms in total. The molecule has 0 spiro atoms. The number of amides is 1. The number of hydrogen-bond donors (Lipinski definition) is 2. The molecule has 0 bridgehead atoms. The summed E-state index contributed by atoms with van der Waals surface area (Å²) in [6.45, 7) is 12.4. The Kier molecular flexibility index (Phi) is 8.15. The summed E-state index contributed by atoms with van der Waals surface area (Å²) in [5.41, 5.74) is 0.